The molecule has 3 amide bonds. The largest absolute Gasteiger partial charge is 0.355 e. The van der Waals surface area contributed by atoms with Gasteiger partial charge in [-0.15, -0.1) is 0 Å². The number of hydrogen-bond donors (Lipinski definition) is 3. The monoisotopic (exact) mass is 408 g/mol. The average Bonchev–Trinajstić information content (AvgIpc) is 3.21. The Morgan fingerprint density at radius 2 is 1.84 bits per heavy atom. The van der Waals surface area contributed by atoms with E-state index < -0.39 is 0 Å². The van der Waals surface area contributed by atoms with E-state index in [1.54, 1.807) is 0 Å². The van der Waals surface area contributed by atoms with Gasteiger partial charge in [0.25, 0.3) is 0 Å². The summed E-state index contributed by atoms with van der Waals surface area (Å²) in [6.45, 7) is 0.812. The van der Waals surface area contributed by atoms with Crippen molar-refractivity contribution in [3.05, 3.63) is 34.3 Å². The number of hydrogen-bond acceptors (Lipinski definition) is 5. The molecule has 0 aliphatic carbocycles. The normalized spacial score (nSPS) is 23.3. The van der Waals surface area contributed by atoms with Crippen molar-refractivity contribution in [1.82, 2.24) is 21.1 Å². The Hall–Kier alpha value is -1.77. The Balaban J connectivity index is 1.39. The Bertz CT molecular complexity index is 648. The summed E-state index contributed by atoms with van der Waals surface area (Å²) >= 11 is 3.41. The molecular formula is C17H21BrN4O3. The van der Waals surface area contributed by atoms with E-state index in [4.69, 9.17) is 0 Å². The van der Waals surface area contributed by atoms with Crippen molar-refractivity contribution in [1.29, 1.82) is 0 Å². The predicted molar refractivity (Wildman–Crippen MR) is 95.1 cm³/mol. The van der Waals surface area contributed by atoms with Crippen LogP contribution < -0.4 is 16.2 Å². The molecule has 0 bridgehead atoms. The third kappa shape index (κ3) is 4.45. The second-order valence-electron chi connectivity index (χ2n) is 6.26. The fourth-order valence-corrected chi connectivity index (χ4v) is 3.35. The van der Waals surface area contributed by atoms with Crippen molar-refractivity contribution < 1.29 is 14.4 Å². The molecule has 2 atom stereocenters. The van der Waals surface area contributed by atoms with E-state index in [0.717, 1.165) is 10.0 Å². The maximum absolute atomic E-state index is 12.2. The minimum absolute atomic E-state index is 0.0776. The van der Waals surface area contributed by atoms with Crippen molar-refractivity contribution in [3.63, 3.8) is 0 Å². The Kier molecular flexibility index (Phi) is 5.82. The van der Waals surface area contributed by atoms with E-state index in [9.17, 15) is 14.4 Å². The zero-order chi connectivity index (χ0) is 17.8. The van der Waals surface area contributed by atoms with Crippen LogP contribution in [0, 0.1) is 0 Å². The van der Waals surface area contributed by atoms with Gasteiger partial charge in [-0.1, -0.05) is 28.1 Å². The Morgan fingerprint density at radius 1 is 1.16 bits per heavy atom. The van der Waals surface area contributed by atoms with Crippen LogP contribution in [-0.2, 0) is 14.4 Å². The number of rotatable bonds is 6. The lowest BCUT2D eigenvalue weighted by Gasteiger charge is -2.14. The predicted octanol–water partition coefficient (Wildman–Crippen LogP) is 1.01. The van der Waals surface area contributed by atoms with Gasteiger partial charge >= 0.3 is 0 Å². The van der Waals surface area contributed by atoms with Crippen molar-refractivity contribution >= 4 is 33.7 Å². The lowest BCUT2D eigenvalue weighted by atomic mass is 10.0. The van der Waals surface area contributed by atoms with Crippen molar-refractivity contribution in [2.75, 3.05) is 13.1 Å². The van der Waals surface area contributed by atoms with E-state index >= 15 is 0 Å². The van der Waals surface area contributed by atoms with Gasteiger partial charge in [0.15, 0.2) is 0 Å². The molecule has 3 N–H and O–H groups in total. The molecule has 1 aromatic rings. The highest BCUT2D eigenvalue weighted by molar-refractivity contribution is 9.10. The quantitative estimate of drug-likeness (QED) is 0.482. The molecule has 0 spiro atoms. The first-order valence-electron chi connectivity index (χ1n) is 8.42. The fraction of sp³-hybridized carbons (Fsp3) is 0.471. The fourth-order valence-electron chi connectivity index (χ4n) is 3.09. The summed E-state index contributed by atoms with van der Waals surface area (Å²) < 4.78 is 1.02. The van der Waals surface area contributed by atoms with Crippen LogP contribution in [0.2, 0.25) is 0 Å². The molecular weight excluding hydrogens is 388 g/mol. The number of imide groups is 1. The molecule has 0 saturated carbocycles. The van der Waals surface area contributed by atoms with Crippen LogP contribution in [0.4, 0.5) is 0 Å². The molecule has 1 aromatic carbocycles. The van der Waals surface area contributed by atoms with Gasteiger partial charge in [-0.3, -0.25) is 19.3 Å². The van der Waals surface area contributed by atoms with Crippen molar-refractivity contribution in [3.8, 4) is 0 Å². The van der Waals surface area contributed by atoms with Crippen LogP contribution in [0.1, 0.15) is 37.3 Å². The topological polar surface area (TPSA) is 90.5 Å². The average molecular weight is 409 g/mol. The van der Waals surface area contributed by atoms with Gasteiger partial charge in [0.05, 0.1) is 0 Å². The lowest BCUT2D eigenvalue weighted by Crippen LogP contribution is -2.44. The number of nitrogens with one attached hydrogen (secondary N) is 3. The van der Waals surface area contributed by atoms with Gasteiger partial charge in [0, 0.05) is 36.4 Å². The molecule has 134 valence electrons. The summed E-state index contributed by atoms with van der Waals surface area (Å²) in [7, 11) is 0. The number of carbonyl (C=O) groups excluding carboxylic acids is 3. The van der Waals surface area contributed by atoms with Gasteiger partial charge in [-0.25, -0.2) is 10.9 Å². The molecule has 8 heteroatoms. The summed E-state index contributed by atoms with van der Waals surface area (Å²) in [6, 6.07) is 7.78. The van der Waals surface area contributed by atoms with Gasteiger partial charge in [-0.05, 0) is 30.5 Å². The first-order chi connectivity index (χ1) is 12.0. The Morgan fingerprint density at radius 3 is 2.52 bits per heavy atom. The number of benzene rings is 1. The first-order valence-corrected chi connectivity index (χ1v) is 9.21. The van der Waals surface area contributed by atoms with E-state index in [0.29, 0.717) is 38.8 Å². The van der Waals surface area contributed by atoms with Crippen LogP contribution >= 0.6 is 15.9 Å². The molecule has 0 aromatic heterocycles. The van der Waals surface area contributed by atoms with Crippen LogP contribution in [0.15, 0.2) is 28.7 Å². The molecule has 25 heavy (non-hydrogen) atoms. The molecule has 2 aliphatic rings. The van der Waals surface area contributed by atoms with E-state index in [-0.39, 0.29) is 29.8 Å². The van der Waals surface area contributed by atoms with Crippen molar-refractivity contribution in [2.24, 2.45) is 0 Å². The number of nitrogens with zero attached hydrogens (tertiary/aromatic N) is 1. The van der Waals surface area contributed by atoms with Gasteiger partial charge in [0.2, 0.25) is 17.7 Å². The number of halogens is 1. The summed E-state index contributed by atoms with van der Waals surface area (Å²) in [4.78, 5) is 36.5. The summed E-state index contributed by atoms with van der Waals surface area (Å²) in [5, 5.41) is 2.86. The van der Waals surface area contributed by atoms with Crippen LogP contribution in [0.3, 0.4) is 0 Å². The third-order valence-electron chi connectivity index (χ3n) is 4.50. The third-order valence-corrected chi connectivity index (χ3v) is 5.03. The zero-order valence-corrected chi connectivity index (χ0v) is 15.3. The molecule has 2 heterocycles. The van der Waals surface area contributed by atoms with Crippen LogP contribution in [0.25, 0.3) is 0 Å². The molecule has 7 nitrogen and oxygen atoms in total. The number of likely N-dealkylation sites (tertiary alicyclic amines) is 1. The molecule has 2 saturated heterocycles. The number of carbonyl (C=O) groups is 3. The standard InChI is InChI=1S/C17H21BrN4O3/c18-12-4-2-11(3-5-12)13-10-14(21-20-13)17(25)19-8-1-9-22-15(23)6-7-16(22)24/h2-5,13-14,20-21H,1,6-10H2,(H,19,25). The highest BCUT2D eigenvalue weighted by Crippen LogP contribution is 2.23. The summed E-state index contributed by atoms with van der Waals surface area (Å²) in [5.74, 6) is -0.308. The van der Waals surface area contributed by atoms with E-state index in [1.807, 2.05) is 24.3 Å². The van der Waals surface area contributed by atoms with Gasteiger partial charge < -0.3 is 5.32 Å². The number of amides is 3. The molecule has 2 aliphatic heterocycles. The highest BCUT2D eigenvalue weighted by Gasteiger charge is 2.30. The minimum atomic E-state index is -0.302. The maximum Gasteiger partial charge on any atom is 0.238 e. The van der Waals surface area contributed by atoms with Gasteiger partial charge in [0.1, 0.15) is 6.04 Å². The minimum Gasteiger partial charge on any atom is -0.355 e. The molecule has 2 unspecified atom stereocenters. The zero-order valence-electron chi connectivity index (χ0n) is 13.8. The molecule has 3 rings (SSSR count). The van der Waals surface area contributed by atoms with Gasteiger partial charge in [-0.2, -0.15) is 0 Å². The maximum atomic E-state index is 12.2. The lowest BCUT2D eigenvalue weighted by molar-refractivity contribution is -0.138. The highest BCUT2D eigenvalue weighted by atomic mass is 79.9. The second kappa shape index (κ2) is 8.07. The smallest absolute Gasteiger partial charge is 0.238 e. The summed E-state index contributed by atoms with van der Waals surface area (Å²) in [6.07, 6.45) is 1.84. The molecule has 2 fully saturated rings. The van der Waals surface area contributed by atoms with Crippen molar-refractivity contribution in [2.45, 2.75) is 37.8 Å². The SMILES string of the molecule is O=C(NCCCN1C(=O)CCC1=O)C1CC(c2ccc(Br)cc2)NN1. The summed E-state index contributed by atoms with van der Waals surface area (Å²) in [5.41, 5.74) is 7.29. The number of hydrazine groups is 1. The van der Waals surface area contributed by atoms with Crippen LogP contribution in [-0.4, -0.2) is 41.8 Å². The van der Waals surface area contributed by atoms with Crippen LogP contribution in [0.5, 0.6) is 0 Å². The molecule has 0 radical (unpaired) electrons. The van der Waals surface area contributed by atoms with E-state index in [2.05, 4.69) is 32.1 Å². The first kappa shape index (κ1) is 18.0. The van der Waals surface area contributed by atoms with E-state index in [1.165, 1.54) is 4.90 Å². The second-order valence-corrected chi connectivity index (χ2v) is 7.18. The Labute approximate surface area is 154 Å².